The van der Waals surface area contributed by atoms with Crippen LogP contribution in [0.4, 0.5) is 0 Å². The van der Waals surface area contributed by atoms with E-state index < -0.39 is 0 Å². The van der Waals surface area contributed by atoms with Gasteiger partial charge in [-0.2, -0.15) is 5.10 Å². The number of benzene rings is 1. The zero-order chi connectivity index (χ0) is 16.9. The molecule has 4 rings (SSSR count). The molecule has 0 spiro atoms. The molecule has 0 bridgehead atoms. The van der Waals surface area contributed by atoms with Crippen LogP contribution in [0.25, 0.3) is 10.4 Å². The summed E-state index contributed by atoms with van der Waals surface area (Å²) in [6.45, 7) is 7.57. The molecule has 0 unspecified atom stereocenters. The molecule has 0 aliphatic carbocycles. The molecule has 3 aromatic rings. The summed E-state index contributed by atoms with van der Waals surface area (Å²) in [7, 11) is 0. The van der Waals surface area contributed by atoms with Gasteiger partial charge in [-0.3, -0.25) is 14.5 Å². The van der Waals surface area contributed by atoms with E-state index in [1.807, 2.05) is 16.0 Å². The Labute approximate surface area is 152 Å². The molecule has 1 aliphatic heterocycles. The maximum Gasteiger partial charge on any atom is 0.137 e. The molecule has 1 fully saturated rings. The van der Waals surface area contributed by atoms with Crippen LogP contribution in [0.15, 0.2) is 55.1 Å². The molecular formula is C19H23N5S. The standard InChI is InChI=1S/C19H23N5S/c1-2-4-17(5-3-1)19-7-6-18(25-19)14-23-10-8-22(9-11-23)12-13-24-16-20-15-21-24/h1-7,15-16H,8-14H2. The first-order chi connectivity index (χ1) is 12.4. The monoisotopic (exact) mass is 353 g/mol. The average molecular weight is 353 g/mol. The Morgan fingerprint density at radius 1 is 0.880 bits per heavy atom. The molecule has 25 heavy (non-hydrogen) atoms. The number of hydrogen-bond donors (Lipinski definition) is 0. The Hall–Kier alpha value is -2.02. The molecule has 130 valence electrons. The van der Waals surface area contributed by atoms with Gasteiger partial charge in [0.1, 0.15) is 12.7 Å². The van der Waals surface area contributed by atoms with Gasteiger partial charge in [-0.25, -0.2) is 4.98 Å². The molecule has 1 aromatic carbocycles. The Balaban J connectivity index is 1.25. The molecule has 1 saturated heterocycles. The van der Waals surface area contributed by atoms with Crippen molar-refractivity contribution in [2.24, 2.45) is 0 Å². The Kier molecular flexibility index (Phi) is 5.20. The van der Waals surface area contributed by atoms with Gasteiger partial charge in [0.2, 0.25) is 0 Å². The minimum atomic E-state index is 0.922. The van der Waals surface area contributed by atoms with Gasteiger partial charge in [0.05, 0.1) is 6.54 Å². The molecule has 0 saturated carbocycles. The Bertz CT molecular complexity index is 760. The number of hydrogen-bond acceptors (Lipinski definition) is 5. The highest BCUT2D eigenvalue weighted by Gasteiger charge is 2.17. The number of aromatic nitrogens is 3. The van der Waals surface area contributed by atoms with Crippen LogP contribution in [-0.2, 0) is 13.1 Å². The van der Waals surface area contributed by atoms with E-state index in [4.69, 9.17) is 0 Å². The third-order valence-electron chi connectivity index (χ3n) is 4.68. The number of thiophene rings is 1. The van der Waals surface area contributed by atoms with Crippen LogP contribution in [0.2, 0.25) is 0 Å². The average Bonchev–Trinajstić information content (AvgIpc) is 3.34. The largest absolute Gasteiger partial charge is 0.299 e. The second kappa shape index (κ2) is 7.91. The van der Waals surface area contributed by atoms with Gasteiger partial charge in [-0.05, 0) is 17.7 Å². The lowest BCUT2D eigenvalue weighted by Gasteiger charge is -2.34. The van der Waals surface area contributed by atoms with Gasteiger partial charge in [0, 0.05) is 49.0 Å². The number of piperazine rings is 1. The van der Waals surface area contributed by atoms with Gasteiger partial charge in [0.25, 0.3) is 0 Å². The maximum absolute atomic E-state index is 4.17. The topological polar surface area (TPSA) is 37.2 Å². The van der Waals surface area contributed by atoms with Crippen LogP contribution in [-0.4, -0.2) is 57.3 Å². The number of nitrogens with zero attached hydrogens (tertiary/aromatic N) is 5. The van der Waals surface area contributed by atoms with Crippen LogP contribution < -0.4 is 0 Å². The molecule has 1 aliphatic rings. The molecule has 2 aromatic heterocycles. The van der Waals surface area contributed by atoms with Crippen LogP contribution in [0, 0.1) is 0 Å². The predicted molar refractivity (Wildman–Crippen MR) is 101 cm³/mol. The highest BCUT2D eigenvalue weighted by Crippen LogP contribution is 2.28. The zero-order valence-electron chi connectivity index (χ0n) is 14.3. The molecule has 6 heteroatoms. The molecule has 0 atom stereocenters. The summed E-state index contributed by atoms with van der Waals surface area (Å²) < 4.78 is 1.91. The van der Waals surface area contributed by atoms with E-state index in [2.05, 4.69) is 62.3 Å². The van der Waals surface area contributed by atoms with E-state index in [1.165, 1.54) is 15.3 Å². The summed E-state index contributed by atoms with van der Waals surface area (Å²) >= 11 is 1.92. The molecular weight excluding hydrogens is 330 g/mol. The fraction of sp³-hybridized carbons (Fsp3) is 0.368. The third kappa shape index (κ3) is 4.34. The normalized spacial score (nSPS) is 16.3. The first-order valence-corrected chi connectivity index (χ1v) is 9.60. The third-order valence-corrected chi connectivity index (χ3v) is 5.80. The highest BCUT2D eigenvalue weighted by atomic mass is 32.1. The minimum Gasteiger partial charge on any atom is -0.299 e. The van der Waals surface area contributed by atoms with Crippen molar-refractivity contribution in [1.29, 1.82) is 0 Å². The van der Waals surface area contributed by atoms with Crippen molar-refractivity contribution < 1.29 is 0 Å². The summed E-state index contributed by atoms with van der Waals surface area (Å²) in [6.07, 6.45) is 3.39. The SMILES string of the molecule is c1ccc(-c2ccc(CN3CCN(CCn4cncn4)CC3)s2)cc1. The molecule has 0 N–H and O–H groups in total. The van der Waals surface area contributed by atoms with Gasteiger partial charge in [-0.1, -0.05) is 30.3 Å². The highest BCUT2D eigenvalue weighted by molar-refractivity contribution is 7.15. The van der Waals surface area contributed by atoms with E-state index >= 15 is 0 Å². The summed E-state index contributed by atoms with van der Waals surface area (Å²) in [4.78, 5) is 11.9. The smallest absolute Gasteiger partial charge is 0.137 e. The molecule has 3 heterocycles. The Morgan fingerprint density at radius 2 is 1.68 bits per heavy atom. The van der Waals surface area contributed by atoms with E-state index in [1.54, 1.807) is 12.7 Å². The molecule has 5 nitrogen and oxygen atoms in total. The van der Waals surface area contributed by atoms with Crippen molar-refractivity contribution in [2.45, 2.75) is 13.1 Å². The van der Waals surface area contributed by atoms with Crippen molar-refractivity contribution in [2.75, 3.05) is 32.7 Å². The van der Waals surface area contributed by atoms with Gasteiger partial charge in [0.15, 0.2) is 0 Å². The van der Waals surface area contributed by atoms with Gasteiger partial charge < -0.3 is 0 Å². The van der Waals surface area contributed by atoms with Crippen LogP contribution in [0.3, 0.4) is 0 Å². The minimum absolute atomic E-state index is 0.922. The zero-order valence-corrected chi connectivity index (χ0v) is 15.1. The van der Waals surface area contributed by atoms with E-state index in [0.29, 0.717) is 0 Å². The summed E-state index contributed by atoms with van der Waals surface area (Å²) in [6, 6.07) is 15.2. The summed E-state index contributed by atoms with van der Waals surface area (Å²) in [5, 5.41) is 4.17. The van der Waals surface area contributed by atoms with Crippen molar-refractivity contribution >= 4 is 11.3 Å². The first-order valence-electron chi connectivity index (χ1n) is 8.78. The lowest BCUT2D eigenvalue weighted by atomic mass is 10.2. The fourth-order valence-corrected chi connectivity index (χ4v) is 4.26. The van der Waals surface area contributed by atoms with Crippen molar-refractivity contribution in [1.82, 2.24) is 24.6 Å². The predicted octanol–water partition coefficient (Wildman–Crippen LogP) is 2.82. The molecule has 0 radical (unpaired) electrons. The van der Waals surface area contributed by atoms with E-state index in [-0.39, 0.29) is 0 Å². The van der Waals surface area contributed by atoms with Crippen molar-refractivity contribution in [3.05, 3.63) is 60.0 Å². The second-order valence-electron chi connectivity index (χ2n) is 6.41. The summed E-state index contributed by atoms with van der Waals surface area (Å²) in [5.74, 6) is 0. The quantitative estimate of drug-likeness (QED) is 0.683. The Morgan fingerprint density at radius 3 is 2.44 bits per heavy atom. The van der Waals surface area contributed by atoms with Crippen LogP contribution in [0.1, 0.15) is 4.88 Å². The summed E-state index contributed by atoms with van der Waals surface area (Å²) in [5.41, 5.74) is 1.32. The molecule has 0 amide bonds. The van der Waals surface area contributed by atoms with E-state index in [9.17, 15) is 0 Å². The van der Waals surface area contributed by atoms with E-state index in [0.717, 1.165) is 45.8 Å². The second-order valence-corrected chi connectivity index (χ2v) is 7.58. The fourth-order valence-electron chi connectivity index (χ4n) is 3.20. The maximum atomic E-state index is 4.17. The van der Waals surface area contributed by atoms with Gasteiger partial charge in [-0.15, -0.1) is 11.3 Å². The van der Waals surface area contributed by atoms with Crippen LogP contribution >= 0.6 is 11.3 Å². The number of rotatable bonds is 6. The van der Waals surface area contributed by atoms with Crippen molar-refractivity contribution in [3.63, 3.8) is 0 Å². The first kappa shape index (κ1) is 16.4. The lowest BCUT2D eigenvalue weighted by Crippen LogP contribution is -2.46. The van der Waals surface area contributed by atoms with Gasteiger partial charge >= 0.3 is 0 Å². The van der Waals surface area contributed by atoms with Crippen molar-refractivity contribution in [3.8, 4) is 10.4 Å². The van der Waals surface area contributed by atoms with Crippen LogP contribution in [0.5, 0.6) is 0 Å². The lowest BCUT2D eigenvalue weighted by molar-refractivity contribution is 0.124.